The summed E-state index contributed by atoms with van der Waals surface area (Å²) in [6, 6.07) is 16.0. The van der Waals surface area contributed by atoms with Crippen molar-refractivity contribution in [1.29, 1.82) is 0 Å². The molecule has 1 aliphatic heterocycles. The van der Waals surface area contributed by atoms with Gasteiger partial charge in [0.15, 0.2) is 0 Å². The van der Waals surface area contributed by atoms with E-state index in [4.69, 9.17) is 4.74 Å². The first-order chi connectivity index (χ1) is 13.7. The largest absolute Gasteiger partial charge is 0.494 e. The molecule has 1 aromatic heterocycles. The van der Waals surface area contributed by atoms with Crippen LogP contribution in [0, 0.1) is 0 Å². The normalized spacial score (nSPS) is 18.8. The lowest BCUT2D eigenvalue weighted by Crippen LogP contribution is -2.46. The predicted molar refractivity (Wildman–Crippen MR) is 113 cm³/mol. The van der Waals surface area contributed by atoms with Crippen molar-refractivity contribution in [2.45, 2.75) is 38.3 Å². The summed E-state index contributed by atoms with van der Waals surface area (Å²) in [5.41, 5.74) is 2.30. The molecule has 2 heterocycles. The Hall–Kier alpha value is -2.37. The number of ether oxygens (including phenoxy) is 1. The monoisotopic (exact) mass is 395 g/mol. The van der Waals surface area contributed by atoms with Crippen LogP contribution >= 0.6 is 11.3 Å². The SMILES string of the molecule is CCOc1ccc(C(c2csc3ccccc23)N2CCCCC2C(=O)O)cc1. The molecular weight excluding hydrogens is 370 g/mol. The molecule has 0 spiro atoms. The summed E-state index contributed by atoms with van der Waals surface area (Å²) in [7, 11) is 0. The zero-order valence-electron chi connectivity index (χ0n) is 16.0. The number of piperidine rings is 1. The molecular formula is C23H25NO3S. The molecule has 5 heteroatoms. The van der Waals surface area contributed by atoms with E-state index in [0.29, 0.717) is 13.0 Å². The van der Waals surface area contributed by atoms with E-state index in [-0.39, 0.29) is 6.04 Å². The summed E-state index contributed by atoms with van der Waals surface area (Å²) in [4.78, 5) is 14.2. The maximum Gasteiger partial charge on any atom is 0.320 e. The van der Waals surface area contributed by atoms with Crippen molar-refractivity contribution < 1.29 is 14.6 Å². The van der Waals surface area contributed by atoms with E-state index in [9.17, 15) is 9.90 Å². The first kappa shape index (κ1) is 19.0. The van der Waals surface area contributed by atoms with Crippen LogP contribution in [0.15, 0.2) is 53.9 Å². The fourth-order valence-electron chi connectivity index (χ4n) is 4.20. The number of hydrogen-bond acceptors (Lipinski definition) is 4. The van der Waals surface area contributed by atoms with Gasteiger partial charge in [-0.1, -0.05) is 36.8 Å². The molecule has 1 aliphatic rings. The Morgan fingerprint density at radius 3 is 2.75 bits per heavy atom. The zero-order chi connectivity index (χ0) is 19.5. The van der Waals surface area contributed by atoms with Crippen LogP contribution in [-0.2, 0) is 4.79 Å². The van der Waals surface area contributed by atoms with Gasteiger partial charge in [-0.25, -0.2) is 0 Å². The Kier molecular flexibility index (Phi) is 5.64. The molecule has 146 valence electrons. The van der Waals surface area contributed by atoms with Crippen LogP contribution in [0.5, 0.6) is 5.75 Å². The first-order valence-electron chi connectivity index (χ1n) is 9.86. The maximum absolute atomic E-state index is 12.0. The Morgan fingerprint density at radius 1 is 1.21 bits per heavy atom. The minimum absolute atomic E-state index is 0.0757. The number of fused-ring (bicyclic) bond motifs is 1. The number of carboxylic acid groups (broad SMARTS) is 1. The minimum Gasteiger partial charge on any atom is -0.494 e. The van der Waals surface area contributed by atoms with Gasteiger partial charge in [0.05, 0.1) is 12.6 Å². The number of rotatable bonds is 6. The van der Waals surface area contributed by atoms with Crippen molar-refractivity contribution in [3.05, 3.63) is 65.0 Å². The number of nitrogens with zero attached hydrogens (tertiary/aromatic N) is 1. The second kappa shape index (κ2) is 8.33. The minimum atomic E-state index is -0.727. The molecule has 0 radical (unpaired) electrons. The number of thiophene rings is 1. The molecule has 4 nitrogen and oxygen atoms in total. The highest BCUT2D eigenvalue weighted by atomic mass is 32.1. The fourth-order valence-corrected chi connectivity index (χ4v) is 5.18. The van der Waals surface area contributed by atoms with Gasteiger partial charge >= 0.3 is 5.97 Å². The number of hydrogen-bond donors (Lipinski definition) is 1. The van der Waals surface area contributed by atoms with Gasteiger partial charge in [-0.05, 0) is 66.4 Å². The van der Waals surface area contributed by atoms with E-state index in [0.717, 1.165) is 30.7 Å². The van der Waals surface area contributed by atoms with Crippen LogP contribution in [0.2, 0.25) is 0 Å². The van der Waals surface area contributed by atoms with Crippen LogP contribution in [0.4, 0.5) is 0 Å². The molecule has 1 saturated heterocycles. The smallest absolute Gasteiger partial charge is 0.320 e. The molecule has 0 saturated carbocycles. The highest BCUT2D eigenvalue weighted by Crippen LogP contribution is 2.40. The number of likely N-dealkylation sites (tertiary alicyclic amines) is 1. The fraction of sp³-hybridized carbons (Fsp3) is 0.348. The topological polar surface area (TPSA) is 49.8 Å². The summed E-state index contributed by atoms with van der Waals surface area (Å²) >= 11 is 1.72. The van der Waals surface area contributed by atoms with Crippen LogP contribution in [0.1, 0.15) is 43.4 Å². The third-order valence-corrected chi connectivity index (χ3v) is 6.45. The van der Waals surface area contributed by atoms with Crippen LogP contribution in [-0.4, -0.2) is 35.2 Å². The van der Waals surface area contributed by atoms with Crippen LogP contribution in [0.3, 0.4) is 0 Å². The molecule has 0 bridgehead atoms. The molecule has 3 aromatic rings. The third kappa shape index (κ3) is 3.64. The summed E-state index contributed by atoms with van der Waals surface area (Å²) < 4.78 is 6.83. The number of benzene rings is 2. The van der Waals surface area contributed by atoms with Crippen molar-refractivity contribution in [1.82, 2.24) is 4.90 Å². The van der Waals surface area contributed by atoms with Gasteiger partial charge in [-0.15, -0.1) is 11.3 Å². The lowest BCUT2D eigenvalue weighted by molar-refractivity contribution is -0.145. The summed E-state index contributed by atoms with van der Waals surface area (Å²) in [5.74, 6) is 0.115. The molecule has 2 atom stereocenters. The first-order valence-corrected chi connectivity index (χ1v) is 10.7. The molecule has 0 aliphatic carbocycles. The molecule has 1 N–H and O–H groups in total. The Morgan fingerprint density at radius 2 is 2.00 bits per heavy atom. The Balaban J connectivity index is 1.81. The van der Waals surface area contributed by atoms with Crippen molar-refractivity contribution in [2.24, 2.45) is 0 Å². The van der Waals surface area contributed by atoms with Gasteiger partial charge in [-0.3, -0.25) is 9.69 Å². The maximum atomic E-state index is 12.0. The Labute approximate surface area is 169 Å². The standard InChI is InChI=1S/C23H25NO3S/c1-2-27-17-12-10-16(11-13-17)22(24-14-6-5-8-20(24)23(25)26)19-15-28-21-9-4-3-7-18(19)21/h3-4,7,9-13,15,20,22H,2,5-6,8,14H2,1H3,(H,25,26). The summed E-state index contributed by atoms with van der Waals surface area (Å²) in [6.07, 6.45) is 2.69. The molecule has 2 unspecified atom stereocenters. The van der Waals surface area contributed by atoms with E-state index in [2.05, 4.69) is 46.7 Å². The number of carbonyl (C=O) groups is 1. The van der Waals surface area contributed by atoms with E-state index >= 15 is 0 Å². The van der Waals surface area contributed by atoms with Crippen molar-refractivity contribution in [2.75, 3.05) is 13.2 Å². The quantitative estimate of drug-likeness (QED) is 0.613. The van der Waals surface area contributed by atoms with Crippen molar-refractivity contribution in [3.8, 4) is 5.75 Å². The lowest BCUT2D eigenvalue weighted by atomic mass is 9.91. The van der Waals surface area contributed by atoms with Gasteiger partial charge in [0.25, 0.3) is 0 Å². The van der Waals surface area contributed by atoms with Crippen molar-refractivity contribution >= 4 is 27.4 Å². The van der Waals surface area contributed by atoms with Gasteiger partial charge in [0.2, 0.25) is 0 Å². The van der Waals surface area contributed by atoms with Crippen LogP contribution < -0.4 is 4.74 Å². The van der Waals surface area contributed by atoms with Crippen LogP contribution in [0.25, 0.3) is 10.1 Å². The highest BCUT2D eigenvalue weighted by molar-refractivity contribution is 7.17. The van der Waals surface area contributed by atoms with Gasteiger partial charge in [0.1, 0.15) is 11.8 Å². The van der Waals surface area contributed by atoms with E-state index in [1.165, 1.54) is 15.6 Å². The number of carboxylic acids is 1. The van der Waals surface area contributed by atoms with E-state index < -0.39 is 12.0 Å². The summed E-state index contributed by atoms with van der Waals surface area (Å²) in [6.45, 7) is 3.39. The predicted octanol–water partition coefficient (Wildman–Crippen LogP) is 5.33. The average Bonchev–Trinajstić information content (AvgIpc) is 3.14. The van der Waals surface area contributed by atoms with E-state index in [1.807, 2.05) is 19.1 Å². The molecule has 1 fully saturated rings. The second-order valence-electron chi connectivity index (χ2n) is 7.18. The molecule has 2 aromatic carbocycles. The molecule has 0 amide bonds. The van der Waals surface area contributed by atoms with Gasteiger partial charge in [0, 0.05) is 4.70 Å². The molecule has 4 rings (SSSR count). The number of aliphatic carboxylic acids is 1. The van der Waals surface area contributed by atoms with Crippen molar-refractivity contribution in [3.63, 3.8) is 0 Å². The second-order valence-corrected chi connectivity index (χ2v) is 8.09. The lowest BCUT2D eigenvalue weighted by Gasteiger charge is -2.39. The van der Waals surface area contributed by atoms with E-state index in [1.54, 1.807) is 11.3 Å². The Bertz CT molecular complexity index is 950. The molecule has 28 heavy (non-hydrogen) atoms. The van der Waals surface area contributed by atoms with Gasteiger partial charge < -0.3 is 9.84 Å². The zero-order valence-corrected chi connectivity index (χ0v) is 16.8. The third-order valence-electron chi connectivity index (χ3n) is 5.47. The average molecular weight is 396 g/mol. The summed E-state index contributed by atoms with van der Waals surface area (Å²) in [5, 5.41) is 13.3. The highest BCUT2D eigenvalue weighted by Gasteiger charge is 2.36. The van der Waals surface area contributed by atoms with Gasteiger partial charge in [-0.2, -0.15) is 0 Å².